The molecule has 18 heavy (non-hydrogen) atoms. The van der Waals surface area contributed by atoms with Crippen LogP contribution in [-0.2, 0) is 4.74 Å². The topological polar surface area (TPSA) is 39.7 Å². The lowest BCUT2D eigenvalue weighted by atomic mass is 10.1. The van der Waals surface area contributed by atoms with E-state index in [1.165, 1.54) is 0 Å². The fourth-order valence-corrected chi connectivity index (χ4v) is 2.29. The van der Waals surface area contributed by atoms with Gasteiger partial charge in [-0.25, -0.2) is 0 Å². The molecule has 1 fully saturated rings. The molecule has 100 valence electrons. The van der Waals surface area contributed by atoms with Crippen molar-refractivity contribution in [1.82, 2.24) is 5.32 Å². The second kappa shape index (κ2) is 6.07. The minimum absolute atomic E-state index is 0.234. The first kappa shape index (κ1) is 13.2. The van der Waals surface area contributed by atoms with Gasteiger partial charge in [0.1, 0.15) is 11.5 Å². The van der Waals surface area contributed by atoms with Crippen molar-refractivity contribution in [3.8, 4) is 11.5 Å². The first-order valence-electron chi connectivity index (χ1n) is 6.30. The molecule has 0 aromatic heterocycles. The van der Waals surface area contributed by atoms with Crippen LogP contribution in [0.5, 0.6) is 11.5 Å². The first-order chi connectivity index (χ1) is 8.74. The lowest BCUT2D eigenvalue weighted by Gasteiger charge is -2.21. The number of methoxy groups -OCH3 is 2. The van der Waals surface area contributed by atoms with Crippen molar-refractivity contribution in [3.63, 3.8) is 0 Å². The highest BCUT2D eigenvalue weighted by Gasteiger charge is 2.20. The molecule has 0 unspecified atom stereocenters. The third-order valence-electron chi connectivity index (χ3n) is 3.32. The van der Waals surface area contributed by atoms with Crippen molar-refractivity contribution in [3.05, 3.63) is 23.8 Å². The van der Waals surface area contributed by atoms with Crippen molar-refractivity contribution < 1.29 is 14.2 Å². The van der Waals surface area contributed by atoms with Gasteiger partial charge in [0, 0.05) is 30.3 Å². The molecule has 2 atom stereocenters. The van der Waals surface area contributed by atoms with Crippen LogP contribution >= 0.6 is 0 Å². The second-order valence-corrected chi connectivity index (χ2v) is 4.56. The van der Waals surface area contributed by atoms with Gasteiger partial charge in [0.05, 0.1) is 20.8 Å². The summed E-state index contributed by atoms with van der Waals surface area (Å²) < 4.78 is 16.0. The number of rotatable bonds is 5. The Morgan fingerprint density at radius 1 is 1.33 bits per heavy atom. The molecule has 1 aromatic carbocycles. The zero-order valence-corrected chi connectivity index (χ0v) is 11.2. The van der Waals surface area contributed by atoms with Crippen LogP contribution in [0, 0.1) is 0 Å². The average Bonchev–Trinajstić information content (AvgIpc) is 2.90. The molecule has 0 spiro atoms. The zero-order chi connectivity index (χ0) is 13.0. The van der Waals surface area contributed by atoms with E-state index in [9.17, 15) is 0 Å². The number of hydrogen-bond donors (Lipinski definition) is 1. The molecular formula is C14H21NO3. The van der Waals surface area contributed by atoms with Crippen molar-refractivity contribution in [2.45, 2.75) is 25.4 Å². The monoisotopic (exact) mass is 251 g/mol. The van der Waals surface area contributed by atoms with Gasteiger partial charge < -0.3 is 19.5 Å². The predicted octanol–water partition coefficient (Wildman–Crippen LogP) is 2.14. The first-order valence-corrected chi connectivity index (χ1v) is 6.30. The normalized spacial score (nSPS) is 20.7. The molecule has 0 amide bonds. The second-order valence-electron chi connectivity index (χ2n) is 4.56. The number of ether oxygens (including phenoxy) is 3. The maximum absolute atomic E-state index is 5.42. The van der Waals surface area contributed by atoms with Crippen LogP contribution in [0.25, 0.3) is 0 Å². The van der Waals surface area contributed by atoms with Gasteiger partial charge in [0.25, 0.3) is 0 Å². The molecule has 1 heterocycles. The third-order valence-corrected chi connectivity index (χ3v) is 3.32. The molecule has 1 aliphatic heterocycles. The molecule has 1 saturated heterocycles. The Kier molecular flexibility index (Phi) is 4.44. The van der Waals surface area contributed by atoms with Gasteiger partial charge >= 0.3 is 0 Å². The van der Waals surface area contributed by atoms with Crippen molar-refractivity contribution >= 4 is 0 Å². The van der Waals surface area contributed by atoms with Crippen LogP contribution < -0.4 is 14.8 Å². The highest BCUT2D eigenvalue weighted by molar-refractivity contribution is 5.42. The van der Waals surface area contributed by atoms with Gasteiger partial charge in [0.15, 0.2) is 0 Å². The smallest absolute Gasteiger partial charge is 0.127 e. The summed E-state index contributed by atoms with van der Waals surface area (Å²) in [5, 5.41) is 3.56. The molecule has 1 aromatic rings. The van der Waals surface area contributed by atoms with Crippen molar-refractivity contribution in [1.29, 1.82) is 0 Å². The molecule has 0 radical (unpaired) electrons. The highest BCUT2D eigenvalue weighted by atomic mass is 16.5. The Morgan fingerprint density at radius 3 is 2.78 bits per heavy atom. The van der Waals surface area contributed by atoms with E-state index in [0.717, 1.165) is 36.7 Å². The van der Waals surface area contributed by atoms with Crippen LogP contribution in [0.15, 0.2) is 18.2 Å². The molecule has 0 bridgehead atoms. The third kappa shape index (κ3) is 2.94. The van der Waals surface area contributed by atoms with E-state index in [-0.39, 0.29) is 6.04 Å². The Labute approximate surface area is 108 Å². The van der Waals surface area contributed by atoms with Crippen molar-refractivity contribution in [2.75, 3.05) is 27.4 Å². The summed E-state index contributed by atoms with van der Waals surface area (Å²) in [6, 6.07) is 6.59. The fourth-order valence-electron chi connectivity index (χ4n) is 2.29. The van der Waals surface area contributed by atoms with Gasteiger partial charge in [-0.05, 0) is 19.4 Å². The van der Waals surface area contributed by atoms with E-state index in [1.54, 1.807) is 14.2 Å². The lowest BCUT2D eigenvalue weighted by molar-refractivity contribution is 0.188. The van der Waals surface area contributed by atoms with Gasteiger partial charge in [-0.2, -0.15) is 0 Å². The summed E-state index contributed by atoms with van der Waals surface area (Å²) in [6.07, 6.45) is 1.07. The van der Waals surface area contributed by atoms with Gasteiger partial charge in [-0.1, -0.05) is 6.07 Å². The van der Waals surface area contributed by atoms with E-state index in [1.807, 2.05) is 18.2 Å². The Morgan fingerprint density at radius 2 is 2.17 bits per heavy atom. The summed E-state index contributed by atoms with van der Waals surface area (Å²) in [4.78, 5) is 0. The van der Waals surface area contributed by atoms with Crippen LogP contribution in [0.2, 0.25) is 0 Å². The Balaban J connectivity index is 2.10. The minimum Gasteiger partial charge on any atom is -0.497 e. The summed E-state index contributed by atoms with van der Waals surface area (Å²) in [5.41, 5.74) is 1.14. The Bertz CT molecular complexity index is 389. The molecule has 0 aliphatic carbocycles. The Hall–Kier alpha value is -1.26. The van der Waals surface area contributed by atoms with Crippen LogP contribution in [-0.4, -0.2) is 33.5 Å². The van der Waals surface area contributed by atoms with E-state index < -0.39 is 0 Å². The van der Waals surface area contributed by atoms with Gasteiger partial charge in [0.2, 0.25) is 0 Å². The van der Waals surface area contributed by atoms with Crippen LogP contribution in [0.3, 0.4) is 0 Å². The molecular weight excluding hydrogens is 230 g/mol. The van der Waals surface area contributed by atoms with E-state index in [2.05, 4.69) is 12.2 Å². The highest BCUT2D eigenvalue weighted by Crippen LogP contribution is 2.29. The average molecular weight is 251 g/mol. The molecule has 0 saturated carbocycles. The number of hydrogen-bond acceptors (Lipinski definition) is 4. The molecule has 4 heteroatoms. The summed E-state index contributed by atoms with van der Waals surface area (Å²) in [5.74, 6) is 1.67. The van der Waals surface area contributed by atoms with E-state index >= 15 is 0 Å². The largest absolute Gasteiger partial charge is 0.497 e. The number of benzene rings is 1. The predicted molar refractivity (Wildman–Crippen MR) is 70.3 cm³/mol. The molecule has 1 N–H and O–H groups in total. The summed E-state index contributed by atoms with van der Waals surface area (Å²) in [7, 11) is 3.34. The molecule has 2 rings (SSSR count). The van der Waals surface area contributed by atoms with Gasteiger partial charge in [-0.15, -0.1) is 0 Å². The van der Waals surface area contributed by atoms with Crippen LogP contribution in [0.1, 0.15) is 24.9 Å². The SMILES string of the molecule is COc1ccc([C@@H](C)N[C@H]2CCOC2)c(OC)c1. The summed E-state index contributed by atoms with van der Waals surface area (Å²) >= 11 is 0. The molecule has 1 aliphatic rings. The van der Waals surface area contributed by atoms with Crippen molar-refractivity contribution in [2.24, 2.45) is 0 Å². The zero-order valence-electron chi connectivity index (χ0n) is 11.2. The standard InChI is InChI=1S/C14H21NO3/c1-10(15-11-6-7-18-9-11)13-5-4-12(16-2)8-14(13)17-3/h4-5,8,10-11,15H,6-7,9H2,1-3H3/t10-,11+/m1/s1. The fraction of sp³-hybridized carbons (Fsp3) is 0.571. The number of nitrogens with one attached hydrogen (secondary N) is 1. The maximum atomic E-state index is 5.42. The van der Waals surface area contributed by atoms with Crippen LogP contribution in [0.4, 0.5) is 0 Å². The maximum Gasteiger partial charge on any atom is 0.127 e. The minimum atomic E-state index is 0.234. The van der Waals surface area contributed by atoms with Gasteiger partial charge in [-0.3, -0.25) is 0 Å². The molecule has 4 nitrogen and oxygen atoms in total. The summed E-state index contributed by atoms with van der Waals surface area (Å²) in [6.45, 7) is 3.79. The quantitative estimate of drug-likeness (QED) is 0.870. The van der Waals surface area contributed by atoms with E-state index in [4.69, 9.17) is 14.2 Å². The van der Waals surface area contributed by atoms with E-state index in [0.29, 0.717) is 6.04 Å². The lowest BCUT2D eigenvalue weighted by Crippen LogP contribution is -2.31.